The van der Waals surface area contributed by atoms with Gasteiger partial charge in [0.05, 0.1) is 18.2 Å². The van der Waals surface area contributed by atoms with Gasteiger partial charge in [-0.05, 0) is 50.8 Å². The van der Waals surface area contributed by atoms with Crippen LogP contribution in [0.25, 0.3) is 0 Å². The van der Waals surface area contributed by atoms with E-state index < -0.39 is 0 Å². The summed E-state index contributed by atoms with van der Waals surface area (Å²) in [7, 11) is 2.01. The van der Waals surface area contributed by atoms with Crippen LogP contribution in [-0.2, 0) is 11.2 Å². The fourth-order valence-corrected chi connectivity index (χ4v) is 2.52. The van der Waals surface area contributed by atoms with E-state index in [9.17, 15) is 0 Å². The van der Waals surface area contributed by atoms with Gasteiger partial charge < -0.3 is 10.1 Å². The molecule has 2 nitrogen and oxygen atoms in total. The minimum absolute atomic E-state index is 0.229. The Morgan fingerprint density at radius 1 is 1.28 bits per heavy atom. The van der Waals surface area contributed by atoms with Crippen LogP contribution < -0.4 is 5.32 Å². The molecule has 0 aliphatic heterocycles. The van der Waals surface area contributed by atoms with Crippen molar-refractivity contribution in [1.82, 2.24) is 5.32 Å². The topological polar surface area (TPSA) is 21.3 Å². The Morgan fingerprint density at radius 2 is 1.94 bits per heavy atom. The SMILES string of the molecule is CCc1ccc(C(NC)C(C)OC2CCC2)cc1. The molecule has 1 aliphatic carbocycles. The highest BCUT2D eigenvalue weighted by Crippen LogP contribution is 2.27. The molecule has 1 N–H and O–H groups in total. The molecule has 1 fully saturated rings. The highest BCUT2D eigenvalue weighted by molar-refractivity contribution is 5.25. The van der Waals surface area contributed by atoms with Crippen LogP contribution in [0.15, 0.2) is 24.3 Å². The van der Waals surface area contributed by atoms with Gasteiger partial charge in [0.1, 0.15) is 0 Å². The molecule has 2 unspecified atom stereocenters. The van der Waals surface area contributed by atoms with Gasteiger partial charge in [0.25, 0.3) is 0 Å². The van der Waals surface area contributed by atoms with Crippen molar-refractivity contribution < 1.29 is 4.74 Å². The lowest BCUT2D eigenvalue weighted by Crippen LogP contribution is -2.35. The van der Waals surface area contributed by atoms with E-state index in [4.69, 9.17) is 4.74 Å². The molecule has 1 aromatic rings. The first kappa shape index (κ1) is 13.6. The van der Waals surface area contributed by atoms with Crippen molar-refractivity contribution in [1.29, 1.82) is 0 Å². The first-order valence-corrected chi connectivity index (χ1v) is 7.16. The van der Waals surface area contributed by atoms with Crippen LogP contribution in [0, 0.1) is 0 Å². The molecule has 18 heavy (non-hydrogen) atoms. The second kappa shape index (κ2) is 6.35. The molecule has 1 aliphatic rings. The van der Waals surface area contributed by atoms with Crippen molar-refractivity contribution in [3.63, 3.8) is 0 Å². The molecule has 0 saturated heterocycles. The summed E-state index contributed by atoms with van der Waals surface area (Å²) in [6, 6.07) is 9.17. The molecule has 2 heteroatoms. The van der Waals surface area contributed by atoms with Crippen LogP contribution in [0.4, 0.5) is 0 Å². The van der Waals surface area contributed by atoms with Gasteiger partial charge in [-0.15, -0.1) is 0 Å². The molecular weight excluding hydrogens is 222 g/mol. The zero-order valence-electron chi connectivity index (χ0n) is 11.8. The lowest BCUT2D eigenvalue weighted by molar-refractivity contribution is -0.0573. The van der Waals surface area contributed by atoms with Gasteiger partial charge in [0, 0.05) is 0 Å². The minimum Gasteiger partial charge on any atom is -0.373 e. The van der Waals surface area contributed by atoms with Gasteiger partial charge in [-0.3, -0.25) is 0 Å². The van der Waals surface area contributed by atoms with E-state index in [1.807, 2.05) is 7.05 Å². The lowest BCUT2D eigenvalue weighted by Gasteiger charge is -2.33. The molecule has 1 aromatic carbocycles. The molecular formula is C16H25NO. The average Bonchev–Trinajstić information content (AvgIpc) is 2.35. The van der Waals surface area contributed by atoms with Gasteiger partial charge in [0.15, 0.2) is 0 Å². The minimum atomic E-state index is 0.229. The number of rotatable bonds is 6. The van der Waals surface area contributed by atoms with Crippen molar-refractivity contribution >= 4 is 0 Å². The predicted octanol–water partition coefficient (Wildman–Crippen LogP) is 3.47. The first-order valence-electron chi connectivity index (χ1n) is 7.16. The van der Waals surface area contributed by atoms with Gasteiger partial charge in [-0.1, -0.05) is 31.2 Å². The van der Waals surface area contributed by atoms with Crippen LogP contribution in [0.2, 0.25) is 0 Å². The summed E-state index contributed by atoms with van der Waals surface area (Å²) in [5.41, 5.74) is 2.71. The Kier molecular flexibility index (Phi) is 4.79. The van der Waals surface area contributed by atoms with Crippen LogP contribution in [0.3, 0.4) is 0 Å². The third-order valence-corrected chi connectivity index (χ3v) is 3.99. The number of likely N-dealkylation sites (N-methyl/N-ethyl adjacent to an activating group) is 1. The molecule has 1 saturated carbocycles. The van der Waals surface area contributed by atoms with Crippen molar-refractivity contribution in [3.05, 3.63) is 35.4 Å². The second-order valence-electron chi connectivity index (χ2n) is 5.26. The number of aryl methyl sites for hydroxylation is 1. The van der Waals surface area contributed by atoms with Crippen molar-refractivity contribution in [2.45, 2.75) is 57.8 Å². The van der Waals surface area contributed by atoms with Crippen LogP contribution >= 0.6 is 0 Å². The summed E-state index contributed by atoms with van der Waals surface area (Å²) in [5.74, 6) is 0. The number of benzene rings is 1. The second-order valence-corrected chi connectivity index (χ2v) is 5.26. The molecule has 2 atom stereocenters. The number of ether oxygens (including phenoxy) is 1. The van der Waals surface area contributed by atoms with Crippen molar-refractivity contribution in [2.75, 3.05) is 7.05 Å². The number of nitrogens with one attached hydrogen (secondary N) is 1. The van der Waals surface area contributed by atoms with Crippen LogP contribution in [0.1, 0.15) is 50.3 Å². The first-order chi connectivity index (χ1) is 8.74. The summed E-state index contributed by atoms with van der Waals surface area (Å²) in [6.07, 6.45) is 5.61. The fourth-order valence-electron chi connectivity index (χ4n) is 2.52. The molecule has 0 aromatic heterocycles. The molecule has 2 rings (SSSR count). The van der Waals surface area contributed by atoms with Gasteiger partial charge in [-0.2, -0.15) is 0 Å². The lowest BCUT2D eigenvalue weighted by atomic mass is 9.95. The van der Waals surface area contributed by atoms with E-state index >= 15 is 0 Å². The largest absolute Gasteiger partial charge is 0.373 e. The van der Waals surface area contributed by atoms with Gasteiger partial charge in [0.2, 0.25) is 0 Å². The molecule has 0 amide bonds. The molecule has 100 valence electrons. The Labute approximate surface area is 111 Å². The highest BCUT2D eigenvalue weighted by Gasteiger charge is 2.25. The molecule has 0 radical (unpaired) electrons. The third-order valence-electron chi connectivity index (χ3n) is 3.99. The third kappa shape index (κ3) is 3.12. The normalized spacial score (nSPS) is 19.3. The van der Waals surface area contributed by atoms with Crippen LogP contribution in [0.5, 0.6) is 0 Å². The average molecular weight is 247 g/mol. The quantitative estimate of drug-likeness (QED) is 0.831. The van der Waals surface area contributed by atoms with Gasteiger partial charge >= 0.3 is 0 Å². The maximum absolute atomic E-state index is 6.09. The summed E-state index contributed by atoms with van der Waals surface area (Å²) in [4.78, 5) is 0. The standard InChI is InChI=1S/C16H25NO/c1-4-13-8-10-14(11-9-13)16(17-3)12(2)18-15-6-5-7-15/h8-12,15-17H,4-7H2,1-3H3. The highest BCUT2D eigenvalue weighted by atomic mass is 16.5. The Morgan fingerprint density at radius 3 is 2.39 bits per heavy atom. The Balaban J connectivity index is 2.00. The fraction of sp³-hybridized carbons (Fsp3) is 0.625. The molecule has 0 spiro atoms. The Hall–Kier alpha value is -0.860. The van der Waals surface area contributed by atoms with E-state index in [-0.39, 0.29) is 12.1 Å². The van der Waals surface area contributed by atoms with E-state index in [1.54, 1.807) is 0 Å². The van der Waals surface area contributed by atoms with E-state index in [0.29, 0.717) is 6.10 Å². The maximum atomic E-state index is 6.09. The van der Waals surface area contributed by atoms with E-state index in [0.717, 1.165) is 6.42 Å². The maximum Gasteiger partial charge on any atom is 0.0745 e. The number of hydrogen-bond acceptors (Lipinski definition) is 2. The summed E-state index contributed by atoms with van der Waals surface area (Å²) in [5, 5.41) is 3.38. The monoisotopic (exact) mass is 247 g/mol. The summed E-state index contributed by atoms with van der Waals surface area (Å²) in [6.45, 7) is 4.36. The zero-order valence-corrected chi connectivity index (χ0v) is 11.8. The zero-order chi connectivity index (χ0) is 13.0. The van der Waals surface area contributed by atoms with Gasteiger partial charge in [-0.25, -0.2) is 0 Å². The van der Waals surface area contributed by atoms with Crippen LogP contribution in [-0.4, -0.2) is 19.3 Å². The summed E-state index contributed by atoms with van der Waals surface area (Å²) < 4.78 is 6.09. The predicted molar refractivity (Wildman–Crippen MR) is 75.8 cm³/mol. The van der Waals surface area contributed by atoms with E-state index in [2.05, 4.69) is 43.4 Å². The molecule has 0 heterocycles. The smallest absolute Gasteiger partial charge is 0.0745 e. The van der Waals surface area contributed by atoms with Crippen molar-refractivity contribution in [3.8, 4) is 0 Å². The molecule has 0 bridgehead atoms. The van der Waals surface area contributed by atoms with Crippen molar-refractivity contribution in [2.24, 2.45) is 0 Å². The summed E-state index contributed by atoms with van der Waals surface area (Å²) >= 11 is 0. The number of hydrogen-bond donors (Lipinski definition) is 1. The van der Waals surface area contributed by atoms with E-state index in [1.165, 1.54) is 30.4 Å². The Bertz CT molecular complexity index is 356.